The summed E-state index contributed by atoms with van der Waals surface area (Å²) in [5.41, 5.74) is 0. The molecule has 0 aromatic carbocycles. The lowest BCUT2D eigenvalue weighted by Crippen LogP contribution is -2.40. The number of carbonyl (C=O) groups excluding carboxylic acids is 1. The summed E-state index contributed by atoms with van der Waals surface area (Å²) in [6.07, 6.45) is 3.79. The third-order valence-corrected chi connectivity index (χ3v) is 4.51. The topological polar surface area (TPSA) is 54.7 Å². The summed E-state index contributed by atoms with van der Waals surface area (Å²) in [5.74, 6) is 0.637. The highest BCUT2D eigenvalue weighted by Crippen LogP contribution is 2.29. The first-order chi connectivity index (χ1) is 9.69. The Morgan fingerprint density at radius 2 is 2.30 bits per heavy atom. The van der Waals surface area contributed by atoms with E-state index < -0.39 is 5.97 Å². The maximum Gasteiger partial charge on any atom is 0.373 e. The van der Waals surface area contributed by atoms with Gasteiger partial charge in [0.2, 0.25) is 5.76 Å². The number of fused-ring (bicyclic) bond motifs is 1. The summed E-state index contributed by atoms with van der Waals surface area (Å²) in [7, 11) is 1.36. The van der Waals surface area contributed by atoms with Crippen LogP contribution in [0.3, 0.4) is 0 Å². The van der Waals surface area contributed by atoms with Crippen molar-refractivity contribution < 1.29 is 13.9 Å². The van der Waals surface area contributed by atoms with Gasteiger partial charge >= 0.3 is 5.97 Å². The molecule has 0 aliphatic carbocycles. The molecule has 5 heteroatoms. The van der Waals surface area contributed by atoms with Crippen LogP contribution in [-0.4, -0.2) is 43.2 Å². The van der Waals surface area contributed by atoms with Crippen LogP contribution in [-0.2, 0) is 4.74 Å². The predicted molar refractivity (Wildman–Crippen MR) is 74.6 cm³/mol. The van der Waals surface area contributed by atoms with E-state index in [-0.39, 0.29) is 11.8 Å². The van der Waals surface area contributed by atoms with Crippen molar-refractivity contribution >= 4 is 5.97 Å². The number of esters is 1. The Morgan fingerprint density at radius 1 is 1.45 bits per heavy atom. The van der Waals surface area contributed by atoms with Crippen LogP contribution in [0, 0.1) is 0 Å². The van der Waals surface area contributed by atoms with Crippen LogP contribution in [0.25, 0.3) is 0 Å². The molecule has 3 heterocycles. The SMILES string of the molecule is COC(=O)c1ccc(C(C)NC2CCN3CCCC23)o1. The molecule has 0 radical (unpaired) electrons. The Labute approximate surface area is 119 Å². The number of rotatable bonds is 4. The Balaban J connectivity index is 1.63. The molecule has 2 aliphatic heterocycles. The van der Waals surface area contributed by atoms with Gasteiger partial charge in [0.05, 0.1) is 13.2 Å². The minimum absolute atomic E-state index is 0.110. The van der Waals surface area contributed by atoms with Crippen LogP contribution in [0.5, 0.6) is 0 Å². The van der Waals surface area contributed by atoms with Gasteiger partial charge in [0.25, 0.3) is 0 Å². The summed E-state index contributed by atoms with van der Waals surface area (Å²) in [6.45, 7) is 4.52. The van der Waals surface area contributed by atoms with Gasteiger partial charge in [-0.1, -0.05) is 0 Å². The third kappa shape index (κ3) is 2.47. The molecule has 0 amide bonds. The number of carbonyl (C=O) groups is 1. The third-order valence-electron chi connectivity index (χ3n) is 4.51. The largest absolute Gasteiger partial charge is 0.463 e. The zero-order valence-electron chi connectivity index (χ0n) is 12.1. The molecule has 2 aliphatic rings. The van der Waals surface area contributed by atoms with Crippen LogP contribution < -0.4 is 5.32 Å². The average Bonchev–Trinajstić information content (AvgIpc) is 3.15. The Morgan fingerprint density at radius 3 is 3.10 bits per heavy atom. The fraction of sp³-hybridized carbons (Fsp3) is 0.667. The van der Waals surface area contributed by atoms with Crippen molar-refractivity contribution in [3.63, 3.8) is 0 Å². The molecule has 2 saturated heterocycles. The quantitative estimate of drug-likeness (QED) is 0.853. The lowest BCUT2D eigenvalue weighted by Gasteiger charge is -2.24. The molecule has 3 rings (SSSR count). The van der Waals surface area contributed by atoms with Gasteiger partial charge in [-0.2, -0.15) is 0 Å². The van der Waals surface area contributed by atoms with E-state index >= 15 is 0 Å². The first kappa shape index (κ1) is 13.6. The maximum absolute atomic E-state index is 11.4. The molecule has 110 valence electrons. The standard InChI is InChI=1S/C15H22N2O3/c1-10(13-5-6-14(20-13)15(18)19-2)16-11-7-9-17-8-3-4-12(11)17/h5-6,10-12,16H,3-4,7-9H2,1-2H3. The average molecular weight is 278 g/mol. The molecule has 20 heavy (non-hydrogen) atoms. The monoisotopic (exact) mass is 278 g/mol. The summed E-state index contributed by atoms with van der Waals surface area (Å²) in [4.78, 5) is 14.0. The van der Waals surface area contributed by atoms with Gasteiger partial charge in [-0.05, 0) is 44.9 Å². The number of hydrogen-bond acceptors (Lipinski definition) is 5. The molecule has 2 fully saturated rings. The zero-order chi connectivity index (χ0) is 14.1. The van der Waals surface area contributed by atoms with Gasteiger partial charge in [-0.15, -0.1) is 0 Å². The molecule has 1 aromatic heterocycles. The lowest BCUT2D eigenvalue weighted by atomic mass is 10.1. The number of furan rings is 1. The van der Waals surface area contributed by atoms with E-state index in [4.69, 9.17) is 4.42 Å². The molecular weight excluding hydrogens is 256 g/mol. The molecule has 1 N–H and O–H groups in total. The van der Waals surface area contributed by atoms with Crippen molar-refractivity contribution in [1.82, 2.24) is 10.2 Å². The molecule has 0 bridgehead atoms. The van der Waals surface area contributed by atoms with Gasteiger partial charge in [0, 0.05) is 18.6 Å². The highest BCUT2D eigenvalue weighted by Gasteiger charge is 2.37. The van der Waals surface area contributed by atoms with Gasteiger partial charge in [-0.25, -0.2) is 4.79 Å². The number of hydrogen-bond donors (Lipinski definition) is 1. The second-order valence-electron chi connectivity index (χ2n) is 5.72. The van der Waals surface area contributed by atoms with Crippen molar-refractivity contribution in [3.05, 3.63) is 23.7 Å². The van der Waals surface area contributed by atoms with E-state index in [9.17, 15) is 4.79 Å². The number of nitrogens with zero attached hydrogens (tertiary/aromatic N) is 1. The smallest absolute Gasteiger partial charge is 0.373 e. The highest BCUT2D eigenvalue weighted by molar-refractivity contribution is 5.86. The van der Waals surface area contributed by atoms with E-state index in [0.29, 0.717) is 12.1 Å². The van der Waals surface area contributed by atoms with Crippen LogP contribution in [0.4, 0.5) is 0 Å². The Bertz CT molecular complexity index is 485. The van der Waals surface area contributed by atoms with E-state index in [0.717, 1.165) is 5.76 Å². The van der Waals surface area contributed by atoms with Crippen molar-refractivity contribution in [2.24, 2.45) is 0 Å². The van der Waals surface area contributed by atoms with E-state index in [2.05, 4.69) is 21.9 Å². The molecule has 1 aromatic rings. The maximum atomic E-state index is 11.4. The van der Waals surface area contributed by atoms with Gasteiger partial charge in [-0.3, -0.25) is 4.90 Å². The van der Waals surface area contributed by atoms with Gasteiger partial charge < -0.3 is 14.5 Å². The minimum Gasteiger partial charge on any atom is -0.463 e. The van der Waals surface area contributed by atoms with Crippen molar-refractivity contribution in [3.8, 4) is 0 Å². The molecular formula is C15H22N2O3. The van der Waals surface area contributed by atoms with E-state index in [1.54, 1.807) is 6.07 Å². The summed E-state index contributed by atoms with van der Waals surface area (Å²) >= 11 is 0. The first-order valence-corrected chi connectivity index (χ1v) is 7.37. The second-order valence-corrected chi connectivity index (χ2v) is 5.72. The van der Waals surface area contributed by atoms with Crippen molar-refractivity contribution in [2.75, 3.05) is 20.2 Å². The second kappa shape index (κ2) is 5.58. The molecule has 0 spiro atoms. The number of methoxy groups -OCH3 is 1. The minimum atomic E-state index is -0.425. The first-order valence-electron chi connectivity index (χ1n) is 7.37. The summed E-state index contributed by atoms with van der Waals surface area (Å²) < 4.78 is 10.2. The van der Waals surface area contributed by atoms with Crippen LogP contribution in [0.2, 0.25) is 0 Å². The van der Waals surface area contributed by atoms with E-state index in [1.807, 2.05) is 6.07 Å². The number of nitrogens with one attached hydrogen (secondary N) is 1. The Hall–Kier alpha value is -1.33. The van der Waals surface area contributed by atoms with Crippen molar-refractivity contribution in [1.29, 1.82) is 0 Å². The fourth-order valence-corrected chi connectivity index (χ4v) is 3.48. The van der Waals surface area contributed by atoms with Gasteiger partial charge in [0.15, 0.2) is 0 Å². The van der Waals surface area contributed by atoms with Crippen molar-refractivity contribution in [2.45, 2.75) is 44.3 Å². The van der Waals surface area contributed by atoms with Crippen LogP contribution in [0.15, 0.2) is 16.5 Å². The van der Waals surface area contributed by atoms with E-state index in [1.165, 1.54) is 39.5 Å². The predicted octanol–water partition coefficient (Wildman–Crippen LogP) is 1.95. The molecule has 5 nitrogen and oxygen atoms in total. The fourth-order valence-electron chi connectivity index (χ4n) is 3.48. The number of ether oxygens (including phenoxy) is 1. The summed E-state index contributed by atoms with van der Waals surface area (Å²) in [5, 5.41) is 3.65. The molecule has 3 unspecified atom stereocenters. The van der Waals surface area contributed by atoms with Crippen LogP contribution in [0.1, 0.15) is 48.5 Å². The lowest BCUT2D eigenvalue weighted by molar-refractivity contribution is 0.0562. The van der Waals surface area contributed by atoms with Gasteiger partial charge in [0.1, 0.15) is 5.76 Å². The zero-order valence-corrected chi connectivity index (χ0v) is 12.1. The molecule has 0 saturated carbocycles. The highest BCUT2D eigenvalue weighted by atomic mass is 16.5. The molecule has 3 atom stereocenters. The Kier molecular flexibility index (Phi) is 3.81. The van der Waals surface area contributed by atoms with Crippen LogP contribution >= 0.6 is 0 Å². The summed E-state index contributed by atoms with van der Waals surface area (Å²) in [6, 6.07) is 4.84. The normalized spacial score (nSPS) is 27.5.